The second-order valence-electron chi connectivity index (χ2n) is 5.75. The Kier molecular flexibility index (Phi) is 6.17. The number of aliphatic hydroxyl groups is 1. The molecule has 23 heavy (non-hydrogen) atoms. The van der Waals surface area contributed by atoms with Gasteiger partial charge in [-0.3, -0.25) is 4.40 Å². The molecule has 1 aliphatic carbocycles. The van der Waals surface area contributed by atoms with E-state index < -0.39 is 0 Å². The van der Waals surface area contributed by atoms with E-state index in [4.69, 9.17) is 0 Å². The second-order valence-corrected chi connectivity index (χ2v) is 5.75. The zero-order valence-corrected chi connectivity index (χ0v) is 15.5. The molecule has 1 fully saturated rings. The molecule has 1 saturated carbocycles. The SMILES string of the molecule is CCNC(=NCc1nnc2ccccn12)NCC1(CO)CC1.I. The quantitative estimate of drug-likeness (QED) is 0.364. The average molecular weight is 430 g/mol. The van der Waals surface area contributed by atoms with Crippen LogP contribution in [0.4, 0.5) is 0 Å². The number of halogens is 1. The molecule has 126 valence electrons. The van der Waals surface area contributed by atoms with Gasteiger partial charge in [0.15, 0.2) is 17.4 Å². The van der Waals surface area contributed by atoms with Crippen LogP contribution in [0.3, 0.4) is 0 Å². The van der Waals surface area contributed by atoms with Crippen LogP contribution in [0.2, 0.25) is 0 Å². The van der Waals surface area contributed by atoms with Crippen LogP contribution in [0.15, 0.2) is 29.4 Å². The summed E-state index contributed by atoms with van der Waals surface area (Å²) in [5.74, 6) is 1.55. The second kappa shape index (κ2) is 7.91. The minimum atomic E-state index is 0. The molecule has 8 heteroatoms. The first-order valence-electron chi connectivity index (χ1n) is 7.68. The Labute approximate surface area is 152 Å². The molecular formula is C15H23IN6O. The van der Waals surface area contributed by atoms with Crippen molar-refractivity contribution in [1.29, 1.82) is 0 Å². The molecule has 2 aromatic rings. The highest BCUT2D eigenvalue weighted by Crippen LogP contribution is 2.44. The van der Waals surface area contributed by atoms with Gasteiger partial charge in [-0.05, 0) is 31.9 Å². The number of aliphatic imine (C=N–C) groups is 1. The third-order valence-electron chi connectivity index (χ3n) is 4.03. The fraction of sp³-hybridized carbons (Fsp3) is 0.533. The first-order valence-corrected chi connectivity index (χ1v) is 7.68. The van der Waals surface area contributed by atoms with Crippen molar-refractivity contribution < 1.29 is 5.11 Å². The molecule has 0 spiro atoms. The largest absolute Gasteiger partial charge is 0.396 e. The standard InChI is InChI=1S/C15H22N6O.HI/c1-2-16-14(18-10-15(11-22)6-7-15)17-9-13-20-19-12-5-3-4-8-21(12)13;/h3-5,8,22H,2,6-7,9-11H2,1H3,(H2,16,17,18);1H. The minimum Gasteiger partial charge on any atom is -0.396 e. The van der Waals surface area contributed by atoms with Crippen LogP contribution in [-0.2, 0) is 6.54 Å². The Morgan fingerprint density at radius 2 is 2.17 bits per heavy atom. The van der Waals surface area contributed by atoms with Gasteiger partial charge in [0.05, 0.1) is 6.61 Å². The van der Waals surface area contributed by atoms with Crippen molar-refractivity contribution in [2.24, 2.45) is 10.4 Å². The van der Waals surface area contributed by atoms with E-state index in [-0.39, 0.29) is 36.0 Å². The van der Waals surface area contributed by atoms with Crippen molar-refractivity contribution >= 4 is 35.6 Å². The van der Waals surface area contributed by atoms with Gasteiger partial charge in [-0.15, -0.1) is 34.2 Å². The topological polar surface area (TPSA) is 86.8 Å². The third kappa shape index (κ3) is 4.31. The van der Waals surface area contributed by atoms with Gasteiger partial charge in [-0.1, -0.05) is 6.07 Å². The molecule has 3 rings (SSSR count). The van der Waals surface area contributed by atoms with Crippen molar-refractivity contribution in [2.75, 3.05) is 19.7 Å². The van der Waals surface area contributed by atoms with Gasteiger partial charge in [0.2, 0.25) is 0 Å². The number of nitrogens with zero attached hydrogens (tertiary/aromatic N) is 4. The summed E-state index contributed by atoms with van der Waals surface area (Å²) in [4.78, 5) is 4.56. The maximum absolute atomic E-state index is 9.38. The summed E-state index contributed by atoms with van der Waals surface area (Å²) in [5.41, 5.74) is 0.875. The number of fused-ring (bicyclic) bond motifs is 1. The van der Waals surface area contributed by atoms with Crippen LogP contribution in [-0.4, -0.2) is 45.4 Å². The van der Waals surface area contributed by atoms with Crippen molar-refractivity contribution in [3.63, 3.8) is 0 Å². The number of hydrogen-bond donors (Lipinski definition) is 3. The maximum Gasteiger partial charge on any atom is 0.191 e. The van der Waals surface area contributed by atoms with E-state index in [1.54, 1.807) is 0 Å². The Morgan fingerprint density at radius 3 is 2.87 bits per heavy atom. The first-order chi connectivity index (χ1) is 10.8. The fourth-order valence-electron chi connectivity index (χ4n) is 2.33. The van der Waals surface area contributed by atoms with Gasteiger partial charge in [-0.2, -0.15) is 0 Å². The highest BCUT2D eigenvalue weighted by atomic mass is 127. The lowest BCUT2D eigenvalue weighted by Gasteiger charge is -2.16. The first kappa shape index (κ1) is 17.9. The summed E-state index contributed by atoms with van der Waals surface area (Å²) in [6, 6.07) is 5.81. The minimum absolute atomic E-state index is 0. The molecule has 2 heterocycles. The number of nitrogens with one attached hydrogen (secondary N) is 2. The zero-order valence-electron chi connectivity index (χ0n) is 13.2. The molecule has 0 amide bonds. The van der Waals surface area contributed by atoms with E-state index in [0.29, 0.717) is 6.54 Å². The van der Waals surface area contributed by atoms with Crippen LogP contribution in [0.5, 0.6) is 0 Å². The van der Waals surface area contributed by atoms with Gasteiger partial charge >= 0.3 is 0 Å². The van der Waals surface area contributed by atoms with Gasteiger partial charge < -0.3 is 15.7 Å². The molecule has 2 aromatic heterocycles. The molecule has 0 aromatic carbocycles. The number of aromatic nitrogens is 3. The third-order valence-corrected chi connectivity index (χ3v) is 4.03. The summed E-state index contributed by atoms with van der Waals surface area (Å²) >= 11 is 0. The lowest BCUT2D eigenvalue weighted by Crippen LogP contribution is -2.41. The summed E-state index contributed by atoms with van der Waals surface area (Å²) in [7, 11) is 0. The average Bonchev–Trinajstić information content (AvgIpc) is 3.23. The van der Waals surface area contributed by atoms with Gasteiger partial charge in [0, 0.05) is 24.7 Å². The molecule has 0 saturated heterocycles. The van der Waals surface area contributed by atoms with Crippen molar-refractivity contribution in [3.8, 4) is 0 Å². The van der Waals surface area contributed by atoms with E-state index in [1.807, 2.05) is 35.7 Å². The maximum atomic E-state index is 9.38. The molecule has 0 atom stereocenters. The molecule has 0 bridgehead atoms. The number of pyridine rings is 1. The number of hydrogen-bond acceptors (Lipinski definition) is 4. The van der Waals surface area contributed by atoms with E-state index in [0.717, 1.165) is 43.4 Å². The van der Waals surface area contributed by atoms with Crippen molar-refractivity contribution in [2.45, 2.75) is 26.3 Å². The summed E-state index contributed by atoms with van der Waals surface area (Å²) in [6.45, 7) is 4.25. The normalized spacial score (nSPS) is 16.0. The fourth-order valence-corrected chi connectivity index (χ4v) is 2.33. The van der Waals surface area contributed by atoms with E-state index in [9.17, 15) is 5.11 Å². The van der Waals surface area contributed by atoms with E-state index in [2.05, 4.69) is 25.8 Å². The van der Waals surface area contributed by atoms with Crippen molar-refractivity contribution in [3.05, 3.63) is 30.2 Å². The van der Waals surface area contributed by atoms with Crippen LogP contribution < -0.4 is 10.6 Å². The molecule has 1 aliphatic rings. The van der Waals surface area contributed by atoms with Crippen LogP contribution in [0.25, 0.3) is 5.65 Å². The van der Waals surface area contributed by atoms with E-state index >= 15 is 0 Å². The Balaban J connectivity index is 0.00000192. The highest BCUT2D eigenvalue weighted by molar-refractivity contribution is 14.0. The van der Waals surface area contributed by atoms with Gasteiger partial charge in [0.25, 0.3) is 0 Å². The van der Waals surface area contributed by atoms with E-state index in [1.165, 1.54) is 0 Å². The summed E-state index contributed by atoms with van der Waals surface area (Å²) < 4.78 is 1.93. The van der Waals surface area contributed by atoms with Crippen LogP contribution in [0, 0.1) is 5.41 Å². The Hall–Kier alpha value is -1.42. The lowest BCUT2D eigenvalue weighted by atomic mass is 10.1. The number of aliphatic hydroxyl groups excluding tert-OH is 1. The number of rotatable bonds is 6. The molecule has 7 nitrogen and oxygen atoms in total. The smallest absolute Gasteiger partial charge is 0.191 e. The molecule has 0 aliphatic heterocycles. The Bertz CT molecular complexity index is 667. The summed E-state index contributed by atoms with van der Waals surface area (Å²) in [6.07, 6.45) is 4.08. The van der Waals surface area contributed by atoms with Gasteiger partial charge in [0.1, 0.15) is 6.54 Å². The molecule has 3 N–H and O–H groups in total. The Morgan fingerprint density at radius 1 is 1.35 bits per heavy atom. The lowest BCUT2D eigenvalue weighted by molar-refractivity contribution is 0.212. The molecule has 0 radical (unpaired) electrons. The van der Waals surface area contributed by atoms with Crippen molar-refractivity contribution in [1.82, 2.24) is 25.2 Å². The molecule has 0 unspecified atom stereocenters. The van der Waals surface area contributed by atoms with Crippen LogP contribution >= 0.6 is 24.0 Å². The highest BCUT2D eigenvalue weighted by Gasteiger charge is 2.41. The predicted molar refractivity (Wildman–Crippen MR) is 100.0 cm³/mol. The monoisotopic (exact) mass is 430 g/mol. The zero-order chi connectivity index (χ0) is 15.4. The summed E-state index contributed by atoms with van der Waals surface area (Å²) in [5, 5.41) is 24.2. The van der Waals surface area contributed by atoms with Gasteiger partial charge in [-0.25, -0.2) is 4.99 Å². The van der Waals surface area contributed by atoms with Crippen LogP contribution in [0.1, 0.15) is 25.6 Å². The predicted octanol–water partition coefficient (Wildman–Crippen LogP) is 1.17. The molecular weight excluding hydrogens is 407 g/mol. The number of guanidine groups is 1.